The van der Waals surface area contributed by atoms with Gasteiger partial charge in [-0.25, -0.2) is 0 Å². The van der Waals surface area contributed by atoms with Gasteiger partial charge in [-0.2, -0.15) is 13.2 Å². The number of likely N-dealkylation sites (tertiary alicyclic amines) is 1. The summed E-state index contributed by atoms with van der Waals surface area (Å²) < 4.78 is 37.1. The third-order valence-corrected chi connectivity index (χ3v) is 3.19. The predicted octanol–water partition coefficient (Wildman–Crippen LogP) is 1.65. The quantitative estimate of drug-likeness (QED) is 0.785. The Bertz CT molecular complexity index is 355. The van der Waals surface area contributed by atoms with E-state index in [0.29, 0.717) is 0 Å². The zero-order chi connectivity index (χ0) is 14.8. The van der Waals surface area contributed by atoms with Crippen molar-refractivity contribution in [1.82, 2.24) is 9.80 Å². The highest BCUT2D eigenvalue weighted by Gasteiger charge is 2.40. The maximum Gasteiger partial charge on any atom is 0.406 e. The molecule has 0 bridgehead atoms. The van der Waals surface area contributed by atoms with Crippen molar-refractivity contribution in [3.8, 4) is 0 Å². The Morgan fingerprint density at radius 3 is 2.42 bits per heavy atom. The average Bonchev–Trinajstić information content (AvgIpc) is 2.66. The van der Waals surface area contributed by atoms with Gasteiger partial charge in [-0.05, 0) is 20.8 Å². The number of hydrogen-bond acceptors (Lipinski definition) is 2. The van der Waals surface area contributed by atoms with Crippen LogP contribution < -0.4 is 0 Å². The Balaban J connectivity index is 2.70. The lowest BCUT2D eigenvalue weighted by molar-refractivity contribution is -0.163. The molecule has 0 aromatic heterocycles. The monoisotopic (exact) mass is 280 g/mol. The summed E-state index contributed by atoms with van der Waals surface area (Å²) >= 11 is 0. The highest BCUT2D eigenvalue weighted by Crippen LogP contribution is 2.24. The van der Waals surface area contributed by atoms with Crippen LogP contribution in [0.5, 0.6) is 0 Å². The largest absolute Gasteiger partial charge is 0.406 e. The number of halogens is 3. The number of hydrogen-bond donors (Lipinski definition) is 0. The molecule has 1 rings (SSSR count). The van der Waals surface area contributed by atoms with Crippen molar-refractivity contribution in [3.63, 3.8) is 0 Å². The summed E-state index contributed by atoms with van der Waals surface area (Å²) in [6.45, 7) is 4.08. The molecule has 19 heavy (non-hydrogen) atoms. The molecule has 0 spiro atoms. The van der Waals surface area contributed by atoms with Gasteiger partial charge in [0, 0.05) is 25.6 Å². The van der Waals surface area contributed by atoms with E-state index >= 15 is 0 Å². The Morgan fingerprint density at radius 1 is 1.47 bits per heavy atom. The Labute approximate surface area is 110 Å². The van der Waals surface area contributed by atoms with E-state index in [4.69, 9.17) is 0 Å². The van der Waals surface area contributed by atoms with Gasteiger partial charge >= 0.3 is 6.18 Å². The first-order valence-electron chi connectivity index (χ1n) is 6.30. The molecular weight excluding hydrogens is 261 g/mol. The SMILES string of the molecule is CCN(CC(F)(F)F)C(=O)C1CC(=O)N(C(C)C)C1. The molecule has 1 atom stereocenters. The molecule has 0 aliphatic carbocycles. The van der Waals surface area contributed by atoms with E-state index in [9.17, 15) is 22.8 Å². The number of carbonyl (C=O) groups excluding carboxylic acids is 2. The summed E-state index contributed by atoms with van der Waals surface area (Å²) in [6.07, 6.45) is -4.41. The van der Waals surface area contributed by atoms with Gasteiger partial charge in [0.1, 0.15) is 6.54 Å². The van der Waals surface area contributed by atoms with Gasteiger partial charge in [0.05, 0.1) is 5.92 Å². The van der Waals surface area contributed by atoms with Crippen molar-refractivity contribution in [2.45, 2.75) is 39.4 Å². The fourth-order valence-corrected chi connectivity index (χ4v) is 2.22. The standard InChI is InChI=1S/C12H19F3N2O2/c1-4-16(7-12(13,14)15)11(19)9-5-10(18)17(6-9)8(2)3/h8-9H,4-7H2,1-3H3. The second kappa shape index (κ2) is 5.79. The smallest absolute Gasteiger partial charge is 0.339 e. The van der Waals surface area contributed by atoms with Crippen LogP contribution in [0.3, 0.4) is 0 Å². The molecule has 4 nitrogen and oxygen atoms in total. The summed E-state index contributed by atoms with van der Waals surface area (Å²) in [5.41, 5.74) is 0. The Kier molecular flexibility index (Phi) is 4.81. The second-order valence-corrected chi connectivity index (χ2v) is 5.01. The third-order valence-electron chi connectivity index (χ3n) is 3.19. The zero-order valence-electron chi connectivity index (χ0n) is 11.3. The molecule has 0 saturated carbocycles. The molecule has 0 aromatic rings. The molecule has 1 aliphatic rings. The molecule has 7 heteroatoms. The van der Waals surface area contributed by atoms with Crippen LogP contribution in [0.4, 0.5) is 13.2 Å². The number of amides is 2. The second-order valence-electron chi connectivity index (χ2n) is 5.01. The molecule has 1 heterocycles. The van der Waals surface area contributed by atoms with Gasteiger partial charge < -0.3 is 9.80 Å². The molecule has 1 unspecified atom stereocenters. The van der Waals surface area contributed by atoms with Crippen molar-refractivity contribution >= 4 is 11.8 Å². The number of rotatable bonds is 4. The molecule has 0 N–H and O–H groups in total. The van der Waals surface area contributed by atoms with Gasteiger partial charge in [-0.3, -0.25) is 9.59 Å². The molecule has 0 aromatic carbocycles. The normalized spacial score (nSPS) is 20.3. The molecule has 1 fully saturated rings. The number of alkyl halides is 3. The summed E-state index contributed by atoms with van der Waals surface area (Å²) in [6, 6.07) is -0.0389. The summed E-state index contributed by atoms with van der Waals surface area (Å²) in [5, 5.41) is 0. The van der Waals surface area contributed by atoms with Crippen LogP contribution in [0, 0.1) is 5.92 Å². The number of carbonyl (C=O) groups is 2. The topological polar surface area (TPSA) is 40.6 Å². The van der Waals surface area contributed by atoms with Crippen LogP contribution in [0.15, 0.2) is 0 Å². The van der Waals surface area contributed by atoms with Crippen LogP contribution in [0.2, 0.25) is 0 Å². The summed E-state index contributed by atoms with van der Waals surface area (Å²) in [5.74, 6) is -1.41. The molecule has 110 valence electrons. The summed E-state index contributed by atoms with van der Waals surface area (Å²) in [7, 11) is 0. The molecule has 2 amide bonds. The molecule has 1 aliphatic heterocycles. The van der Waals surface area contributed by atoms with E-state index in [1.807, 2.05) is 13.8 Å². The minimum Gasteiger partial charge on any atom is -0.339 e. The first kappa shape index (κ1) is 15.8. The Hall–Kier alpha value is -1.27. The van der Waals surface area contributed by atoms with E-state index in [-0.39, 0.29) is 31.5 Å². The lowest BCUT2D eigenvalue weighted by Crippen LogP contribution is -2.43. The average molecular weight is 280 g/mol. The van der Waals surface area contributed by atoms with E-state index in [1.54, 1.807) is 0 Å². The fourth-order valence-electron chi connectivity index (χ4n) is 2.22. The minimum atomic E-state index is -4.41. The van der Waals surface area contributed by atoms with Crippen molar-refractivity contribution < 1.29 is 22.8 Å². The van der Waals surface area contributed by atoms with Gasteiger partial charge in [-0.15, -0.1) is 0 Å². The fraction of sp³-hybridized carbons (Fsp3) is 0.833. The van der Waals surface area contributed by atoms with E-state index in [1.165, 1.54) is 11.8 Å². The van der Waals surface area contributed by atoms with Gasteiger partial charge in [0.15, 0.2) is 0 Å². The van der Waals surface area contributed by atoms with Crippen LogP contribution in [-0.4, -0.2) is 53.5 Å². The first-order chi connectivity index (χ1) is 8.65. The van der Waals surface area contributed by atoms with Gasteiger partial charge in [-0.1, -0.05) is 0 Å². The maximum atomic E-state index is 12.4. The van der Waals surface area contributed by atoms with E-state index in [0.717, 1.165) is 4.90 Å². The molecular formula is C12H19F3N2O2. The minimum absolute atomic E-state index is 0.00533. The van der Waals surface area contributed by atoms with E-state index in [2.05, 4.69) is 0 Å². The van der Waals surface area contributed by atoms with Gasteiger partial charge in [0.2, 0.25) is 11.8 Å². The van der Waals surface area contributed by atoms with Crippen molar-refractivity contribution in [2.24, 2.45) is 5.92 Å². The predicted molar refractivity (Wildman–Crippen MR) is 63.3 cm³/mol. The highest BCUT2D eigenvalue weighted by atomic mass is 19.4. The molecule has 0 radical (unpaired) electrons. The van der Waals surface area contributed by atoms with Crippen LogP contribution in [0.1, 0.15) is 27.2 Å². The number of nitrogens with zero attached hydrogens (tertiary/aromatic N) is 2. The van der Waals surface area contributed by atoms with Crippen molar-refractivity contribution in [3.05, 3.63) is 0 Å². The van der Waals surface area contributed by atoms with Crippen molar-refractivity contribution in [2.75, 3.05) is 19.6 Å². The third kappa shape index (κ3) is 4.11. The van der Waals surface area contributed by atoms with Crippen molar-refractivity contribution in [1.29, 1.82) is 0 Å². The lowest BCUT2D eigenvalue weighted by Gasteiger charge is -2.26. The zero-order valence-corrected chi connectivity index (χ0v) is 11.3. The van der Waals surface area contributed by atoms with Crippen LogP contribution >= 0.6 is 0 Å². The van der Waals surface area contributed by atoms with E-state index < -0.39 is 24.5 Å². The maximum absolute atomic E-state index is 12.4. The van der Waals surface area contributed by atoms with Crippen LogP contribution in [-0.2, 0) is 9.59 Å². The Morgan fingerprint density at radius 2 is 2.05 bits per heavy atom. The van der Waals surface area contributed by atoms with Gasteiger partial charge in [0.25, 0.3) is 0 Å². The van der Waals surface area contributed by atoms with Crippen LogP contribution in [0.25, 0.3) is 0 Å². The highest BCUT2D eigenvalue weighted by molar-refractivity contribution is 5.89. The molecule has 1 saturated heterocycles. The first-order valence-corrected chi connectivity index (χ1v) is 6.30. The summed E-state index contributed by atoms with van der Waals surface area (Å²) in [4.78, 5) is 26.0. The lowest BCUT2D eigenvalue weighted by atomic mass is 10.1.